The average Bonchev–Trinajstić information content (AvgIpc) is 3.12. The number of aromatic nitrogens is 3. The SMILES string of the molecule is CCn1c(CC(=O)Nc2ccc(C)cc2)nnc1SCC(=O)Nc1c(F)cc(F)cc1Br. The molecule has 0 aliphatic carbocycles. The predicted molar refractivity (Wildman–Crippen MR) is 123 cm³/mol. The lowest BCUT2D eigenvalue weighted by Gasteiger charge is -2.10. The van der Waals surface area contributed by atoms with Crippen molar-refractivity contribution in [2.45, 2.75) is 32.0 Å². The van der Waals surface area contributed by atoms with Gasteiger partial charge in [0.2, 0.25) is 11.8 Å². The highest BCUT2D eigenvalue weighted by Crippen LogP contribution is 2.27. The fraction of sp³-hybridized carbons (Fsp3) is 0.238. The van der Waals surface area contributed by atoms with Crippen molar-refractivity contribution in [3.8, 4) is 0 Å². The number of nitrogens with one attached hydrogen (secondary N) is 2. The molecular weight excluding hydrogens is 504 g/mol. The van der Waals surface area contributed by atoms with E-state index in [1.807, 2.05) is 38.1 Å². The van der Waals surface area contributed by atoms with E-state index >= 15 is 0 Å². The molecule has 1 aromatic heterocycles. The van der Waals surface area contributed by atoms with Gasteiger partial charge in [-0.25, -0.2) is 8.78 Å². The van der Waals surface area contributed by atoms with Crippen LogP contribution in [0.2, 0.25) is 0 Å². The van der Waals surface area contributed by atoms with Gasteiger partial charge in [0, 0.05) is 22.8 Å². The number of hydrogen-bond donors (Lipinski definition) is 2. The molecule has 11 heteroatoms. The zero-order valence-electron chi connectivity index (χ0n) is 17.3. The molecule has 0 atom stereocenters. The fourth-order valence-corrected chi connectivity index (χ4v) is 4.16. The molecule has 2 N–H and O–H groups in total. The summed E-state index contributed by atoms with van der Waals surface area (Å²) in [6.07, 6.45) is 0.0230. The number of benzene rings is 2. The Bertz CT molecular complexity index is 1110. The van der Waals surface area contributed by atoms with Crippen LogP contribution in [0.3, 0.4) is 0 Å². The van der Waals surface area contributed by atoms with E-state index in [0.717, 1.165) is 23.4 Å². The quantitative estimate of drug-likeness (QED) is 0.422. The number of nitrogens with zero attached hydrogens (tertiary/aromatic N) is 3. The average molecular weight is 524 g/mol. The number of halogens is 3. The summed E-state index contributed by atoms with van der Waals surface area (Å²) < 4.78 is 28.9. The van der Waals surface area contributed by atoms with Crippen LogP contribution in [-0.4, -0.2) is 32.3 Å². The third-order valence-electron chi connectivity index (χ3n) is 4.37. The first-order chi connectivity index (χ1) is 15.3. The van der Waals surface area contributed by atoms with Gasteiger partial charge in [-0.15, -0.1) is 10.2 Å². The van der Waals surface area contributed by atoms with Crippen LogP contribution in [-0.2, 0) is 22.6 Å². The zero-order valence-corrected chi connectivity index (χ0v) is 19.7. The van der Waals surface area contributed by atoms with E-state index in [2.05, 4.69) is 36.8 Å². The van der Waals surface area contributed by atoms with Crippen molar-refractivity contribution in [2.24, 2.45) is 0 Å². The standard InChI is InChI=1S/C21H20BrF2N5O2S/c1-3-29-17(10-18(30)25-14-6-4-12(2)5-7-14)27-28-21(29)32-11-19(31)26-20-15(22)8-13(23)9-16(20)24/h4-9H,3,10-11H2,1-2H3,(H,25,30)(H,26,31). The third-order valence-corrected chi connectivity index (χ3v) is 5.96. The van der Waals surface area contributed by atoms with Gasteiger partial charge in [0.25, 0.3) is 0 Å². The molecule has 0 aliphatic rings. The van der Waals surface area contributed by atoms with E-state index in [1.165, 1.54) is 0 Å². The van der Waals surface area contributed by atoms with Crippen molar-refractivity contribution in [1.82, 2.24) is 14.8 Å². The molecular formula is C21H20BrF2N5O2S. The van der Waals surface area contributed by atoms with Crippen LogP contribution < -0.4 is 10.6 Å². The maximum Gasteiger partial charge on any atom is 0.234 e. The molecule has 0 spiro atoms. The highest BCUT2D eigenvalue weighted by atomic mass is 79.9. The molecule has 3 rings (SSSR count). The Morgan fingerprint density at radius 3 is 2.47 bits per heavy atom. The molecule has 32 heavy (non-hydrogen) atoms. The van der Waals surface area contributed by atoms with Crippen LogP contribution in [0.4, 0.5) is 20.2 Å². The van der Waals surface area contributed by atoms with E-state index in [-0.39, 0.29) is 28.2 Å². The van der Waals surface area contributed by atoms with Crippen molar-refractivity contribution >= 4 is 50.9 Å². The fourth-order valence-electron chi connectivity index (χ4n) is 2.83. The highest BCUT2D eigenvalue weighted by molar-refractivity contribution is 9.10. The number of carbonyl (C=O) groups excluding carboxylic acids is 2. The molecule has 0 unspecified atom stereocenters. The molecule has 3 aromatic rings. The first kappa shape index (κ1) is 23.9. The van der Waals surface area contributed by atoms with Crippen LogP contribution in [0, 0.1) is 18.6 Å². The number of rotatable bonds is 8. The second-order valence-corrected chi connectivity index (χ2v) is 8.61. The summed E-state index contributed by atoms with van der Waals surface area (Å²) in [6, 6.07) is 9.20. The first-order valence-corrected chi connectivity index (χ1v) is 11.4. The van der Waals surface area contributed by atoms with Crippen molar-refractivity contribution < 1.29 is 18.4 Å². The van der Waals surface area contributed by atoms with Crippen LogP contribution in [0.15, 0.2) is 46.0 Å². The third kappa shape index (κ3) is 6.13. The maximum absolute atomic E-state index is 13.9. The number of anilines is 2. The monoisotopic (exact) mass is 523 g/mol. The lowest BCUT2D eigenvalue weighted by molar-refractivity contribution is -0.116. The van der Waals surface area contributed by atoms with Crippen molar-refractivity contribution in [1.29, 1.82) is 0 Å². The summed E-state index contributed by atoms with van der Waals surface area (Å²) in [7, 11) is 0. The van der Waals surface area contributed by atoms with Gasteiger partial charge in [0.15, 0.2) is 11.0 Å². The Labute approximate surface area is 196 Å². The Balaban J connectivity index is 1.60. The Hall–Kier alpha value is -2.79. The minimum absolute atomic E-state index is 0.0230. The Kier molecular flexibility index (Phi) is 7.97. The van der Waals surface area contributed by atoms with E-state index in [0.29, 0.717) is 29.3 Å². The van der Waals surface area contributed by atoms with E-state index in [9.17, 15) is 18.4 Å². The molecule has 1 heterocycles. The Morgan fingerprint density at radius 2 is 1.81 bits per heavy atom. The van der Waals surface area contributed by atoms with Crippen LogP contribution in [0.25, 0.3) is 0 Å². The molecule has 2 amide bonds. The summed E-state index contributed by atoms with van der Waals surface area (Å²) >= 11 is 4.13. The first-order valence-electron chi connectivity index (χ1n) is 9.62. The van der Waals surface area contributed by atoms with Crippen molar-refractivity contribution in [3.63, 3.8) is 0 Å². The van der Waals surface area contributed by atoms with Gasteiger partial charge < -0.3 is 15.2 Å². The maximum atomic E-state index is 13.9. The molecule has 0 saturated heterocycles. The molecule has 0 saturated carbocycles. The Morgan fingerprint density at radius 1 is 1.09 bits per heavy atom. The molecule has 0 aliphatic heterocycles. The normalized spacial score (nSPS) is 10.8. The predicted octanol–water partition coefficient (Wildman–Crippen LogP) is 4.56. The second-order valence-electron chi connectivity index (χ2n) is 6.82. The van der Waals surface area contributed by atoms with Gasteiger partial charge in [-0.2, -0.15) is 0 Å². The van der Waals surface area contributed by atoms with E-state index < -0.39 is 17.5 Å². The van der Waals surface area contributed by atoms with Crippen molar-refractivity contribution in [2.75, 3.05) is 16.4 Å². The number of thioether (sulfide) groups is 1. The lowest BCUT2D eigenvalue weighted by Crippen LogP contribution is -2.18. The number of hydrogen-bond acceptors (Lipinski definition) is 5. The van der Waals surface area contributed by atoms with Crippen molar-refractivity contribution in [3.05, 3.63) is 63.9 Å². The molecule has 168 valence electrons. The second kappa shape index (κ2) is 10.7. The van der Waals surface area contributed by atoms with Gasteiger partial charge in [-0.1, -0.05) is 29.5 Å². The highest BCUT2D eigenvalue weighted by Gasteiger charge is 2.17. The molecule has 0 fully saturated rings. The van der Waals surface area contributed by atoms with Gasteiger partial charge >= 0.3 is 0 Å². The topological polar surface area (TPSA) is 88.9 Å². The van der Waals surface area contributed by atoms with Crippen LogP contribution >= 0.6 is 27.7 Å². The number of carbonyl (C=O) groups is 2. The summed E-state index contributed by atoms with van der Waals surface area (Å²) in [6.45, 7) is 4.34. The van der Waals surface area contributed by atoms with Gasteiger partial charge in [0.05, 0.1) is 17.9 Å². The number of aryl methyl sites for hydroxylation is 1. The summed E-state index contributed by atoms with van der Waals surface area (Å²) in [5.41, 5.74) is 1.64. The lowest BCUT2D eigenvalue weighted by atomic mass is 10.2. The largest absolute Gasteiger partial charge is 0.326 e. The van der Waals surface area contributed by atoms with Gasteiger partial charge in [0.1, 0.15) is 11.6 Å². The molecule has 7 nitrogen and oxygen atoms in total. The number of amides is 2. The van der Waals surface area contributed by atoms with Crippen LogP contribution in [0.1, 0.15) is 18.3 Å². The minimum Gasteiger partial charge on any atom is -0.326 e. The van der Waals surface area contributed by atoms with E-state index in [4.69, 9.17) is 0 Å². The van der Waals surface area contributed by atoms with Crippen LogP contribution in [0.5, 0.6) is 0 Å². The molecule has 0 radical (unpaired) electrons. The zero-order chi connectivity index (χ0) is 23.3. The molecule has 2 aromatic carbocycles. The summed E-state index contributed by atoms with van der Waals surface area (Å²) in [4.78, 5) is 24.6. The van der Waals surface area contributed by atoms with Gasteiger partial charge in [-0.3, -0.25) is 9.59 Å². The summed E-state index contributed by atoms with van der Waals surface area (Å²) in [5, 5.41) is 13.8. The molecule has 0 bridgehead atoms. The van der Waals surface area contributed by atoms with Gasteiger partial charge in [-0.05, 0) is 48.0 Å². The smallest absolute Gasteiger partial charge is 0.234 e. The van der Waals surface area contributed by atoms with E-state index in [1.54, 1.807) is 4.57 Å². The minimum atomic E-state index is -0.881. The summed E-state index contributed by atoms with van der Waals surface area (Å²) in [5.74, 6) is -1.97.